The molecule has 0 atom stereocenters. The highest BCUT2D eigenvalue weighted by Crippen LogP contribution is 2.32. The largest absolute Gasteiger partial charge is 0.507 e. The molecule has 0 saturated heterocycles. The molecule has 0 saturated carbocycles. The fraction of sp³-hybridized carbons (Fsp3) is 0. The van der Waals surface area contributed by atoms with Crippen LogP contribution >= 0.6 is 34.8 Å². The van der Waals surface area contributed by atoms with Crippen LogP contribution in [-0.4, -0.2) is 20.1 Å². The standard InChI is InChI=1S/C12H6Cl3N3O/c13-5-1-2-9(19)6(3-5)11-16-8-4-7(14)10(15)17-12(8)18-11/h1-4,19H,(H,16,17,18). The second-order valence-corrected chi connectivity index (χ2v) is 5.08. The summed E-state index contributed by atoms with van der Waals surface area (Å²) in [4.78, 5) is 11.3. The van der Waals surface area contributed by atoms with Crippen molar-refractivity contribution in [1.82, 2.24) is 15.0 Å². The van der Waals surface area contributed by atoms with Gasteiger partial charge in [0.1, 0.15) is 16.7 Å². The van der Waals surface area contributed by atoms with Crippen molar-refractivity contribution in [3.05, 3.63) is 39.5 Å². The molecule has 19 heavy (non-hydrogen) atoms. The van der Waals surface area contributed by atoms with E-state index >= 15 is 0 Å². The van der Waals surface area contributed by atoms with Crippen molar-refractivity contribution in [2.45, 2.75) is 0 Å². The van der Waals surface area contributed by atoms with Gasteiger partial charge in [0.25, 0.3) is 0 Å². The second-order valence-electron chi connectivity index (χ2n) is 3.88. The predicted octanol–water partition coefficient (Wildman–Crippen LogP) is 4.29. The Morgan fingerprint density at radius 2 is 1.84 bits per heavy atom. The molecule has 2 heterocycles. The van der Waals surface area contributed by atoms with Gasteiger partial charge in [0.05, 0.1) is 16.1 Å². The van der Waals surface area contributed by atoms with E-state index in [2.05, 4.69) is 15.0 Å². The molecule has 0 aliphatic heterocycles. The lowest BCUT2D eigenvalue weighted by molar-refractivity contribution is 0.477. The highest BCUT2D eigenvalue weighted by molar-refractivity contribution is 6.41. The van der Waals surface area contributed by atoms with Crippen LogP contribution in [0.5, 0.6) is 5.75 Å². The Hall–Kier alpha value is -1.49. The van der Waals surface area contributed by atoms with Crippen molar-refractivity contribution in [2.75, 3.05) is 0 Å². The van der Waals surface area contributed by atoms with Gasteiger partial charge in [0.15, 0.2) is 5.65 Å². The average molecular weight is 315 g/mol. The third-order valence-electron chi connectivity index (χ3n) is 2.60. The third-order valence-corrected chi connectivity index (χ3v) is 3.51. The SMILES string of the molecule is Oc1ccc(Cl)cc1-c1nc2nc(Cl)c(Cl)cc2[nH]1. The Morgan fingerprint density at radius 1 is 1.05 bits per heavy atom. The number of imidazole rings is 1. The lowest BCUT2D eigenvalue weighted by Gasteiger charge is -2.00. The minimum absolute atomic E-state index is 0.0700. The summed E-state index contributed by atoms with van der Waals surface area (Å²) in [5.74, 6) is 0.515. The fourth-order valence-electron chi connectivity index (χ4n) is 1.72. The van der Waals surface area contributed by atoms with Crippen LogP contribution in [-0.2, 0) is 0 Å². The van der Waals surface area contributed by atoms with E-state index in [0.717, 1.165) is 0 Å². The summed E-state index contributed by atoms with van der Waals surface area (Å²) in [5, 5.41) is 10.8. The van der Waals surface area contributed by atoms with Crippen LogP contribution in [0, 0.1) is 0 Å². The van der Waals surface area contributed by atoms with Crippen molar-refractivity contribution in [2.24, 2.45) is 0 Å². The van der Waals surface area contributed by atoms with Gasteiger partial charge in [0.2, 0.25) is 0 Å². The smallest absolute Gasteiger partial charge is 0.179 e. The van der Waals surface area contributed by atoms with Crippen molar-refractivity contribution >= 4 is 46.0 Å². The summed E-state index contributed by atoms with van der Waals surface area (Å²) >= 11 is 17.6. The zero-order valence-corrected chi connectivity index (χ0v) is 11.6. The Morgan fingerprint density at radius 3 is 2.63 bits per heavy atom. The summed E-state index contributed by atoms with van der Waals surface area (Å²) in [6.07, 6.45) is 0. The minimum Gasteiger partial charge on any atom is -0.507 e. The maximum atomic E-state index is 9.83. The molecule has 96 valence electrons. The summed E-state index contributed by atoms with van der Waals surface area (Å²) < 4.78 is 0. The molecule has 2 N–H and O–H groups in total. The van der Waals surface area contributed by atoms with Gasteiger partial charge < -0.3 is 10.1 Å². The summed E-state index contributed by atoms with van der Waals surface area (Å²) in [7, 11) is 0. The molecule has 0 bridgehead atoms. The van der Waals surface area contributed by atoms with Gasteiger partial charge in [-0.15, -0.1) is 0 Å². The van der Waals surface area contributed by atoms with E-state index in [4.69, 9.17) is 34.8 Å². The van der Waals surface area contributed by atoms with Crippen LogP contribution in [0.2, 0.25) is 15.2 Å². The Labute approximate surface area is 123 Å². The highest BCUT2D eigenvalue weighted by Gasteiger charge is 2.12. The Bertz CT molecular complexity index is 746. The average Bonchev–Trinajstić information content (AvgIpc) is 2.75. The minimum atomic E-state index is 0.0700. The Balaban J connectivity index is 2.23. The number of hydrogen-bond donors (Lipinski definition) is 2. The van der Waals surface area contributed by atoms with E-state index in [-0.39, 0.29) is 10.9 Å². The number of benzene rings is 1. The van der Waals surface area contributed by atoms with Crippen molar-refractivity contribution in [1.29, 1.82) is 0 Å². The van der Waals surface area contributed by atoms with Crippen molar-refractivity contribution < 1.29 is 5.11 Å². The lowest BCUT2D eigenvalue weighted by Crippen LogP contribution is -1.82. The van der Waals surface area contributed by atoms with Crippen LogP contribution in [0.3, 0.4) is 0 Å². The molecule has 0 aliphatic carbocycles. The number of aromatic amines is 1. The highest BCUT2D eigenvalue weighted by atomic mass is 35.5. The molecule has 0 radical (unpaired) electrons. The predicted molar refractivity (Wildman–Crippen MR) is 76.0 cm³/mol. The van der Waals surface area contributed by atoms with Gasteiger partial charge in [0, 0.05) is 5.02 Å². The first-order valence-electron chi connectivity index (χ1n) is 5.25. The number of fused-ring (bicyclic) bond motifs is 1. The van der Waals surface area contributed by atoms with E-state index in [9.17, 15) is 5.11 Å². The molecule has 1 aromatic carbocycles. The van der Waals surface area contributed by atoms with E-state index in [1.165, 1.54) is 6.07 Å². The second kappa shape index (κ2) is 4.56. The van der Waals surface area contributed by atoms with E-state index < -0.39 is 0 Å². The van der Waals surface area contributed by atoms with Crippen LogP contribution in [0.1, 0.15) is 0 Å². The van der Waals surface area contributed by atoms with Gasteiger partial charge in [-0.2, -0.15) is 0 Å². The molecule has 0 fully saturated rings. The molecule has 0 amide bonds. The third kappa shape index (κ3) is 2.23. The first-order chi connectivity index (χ1) is 9.04. The number of aromatic hydroxyl groups is 1. The van der Waals surface area contributed by atoms with Crippen molar-refractivity contribution in [3.63, 3.8) is 0 Å². The van der Waals surface area contributed by atoms with Crippen LogP contribution in [0.4, 0.5) is 0 Å². The summed E-state index contributed by atoms with van der Waals surface area (Å²) in [6.45, 7) is 0. The fourth-order valence-corrected chi connectivity index (χ4v) is 2.18. The number of rotatable bonds is 1. The van der Waals surface area contributed by atoms with E-state index in [1.807, 2.05) is 0 Å². The van der Waals surface area contributed by atoms with Crippen molar-refractivity contribution in [3.8, 4) is 17.1 Å². The maximum Gasteiger partial charge on any atom is 0.179 e. The molecule has 4 nitrogen and oxygen atoms in total. The van der Waals surface area contributed by atoms with Gasteiger partial charge >= 0.3 is 0 Å². The van der Waals surface area contributed by atoms with Gasteiger partial charge in [-0.1, -0.05) is 34.8 Å². The molecule has 3 aromatic rings. The number of aromatic nitrogens is 3. The molecule has 3 rings (SSSR count). The number of H-pyrrole nitrogens is 1. The first-order valence-corrected chi connectivity index (χ1v) is 6.38. The zero-order chi connectivity index (χ0) is 13.6. The maximum absolute atomic E-state index is 9.83. The van der Waals surface area contributed by atoms with Crippen LogP contribution < -0.4 is 0 Å². The number of phenols is 1. The molecular formula is C12H6Cl3N3O. The molecular weight excluding hydrogens is 309 g/mol. The summed E-state index contributed by atoms with van der Waals surface area (Å²) in [5.41, 5.74) is 1.53. The van der Waals surface area contributed by atoms with E-state index in [1.54, 1.807) is 18.2 Å². The number of halogens is 3. The quantitative estimate of drug-likeness (QED) is 0.659. The first kappa shape index (κ1) is 12.5. The van der Waals surface area contributed by atoms with Crippen LogP contribution in [0.25, 0.3) is 22.6 Å². The number of hydrogen-bond acceptors (Lipinski definition) is 3. The van der Waals surface area contributed by atoms with E-state index in [0.29, 0.717) is 32.6 Å². The van der Waals surface area contributed by atoms with Gasteiger partial charge in [-0.25, -0.2) is 9.97 Å². The Kier molecular flexibility index (Phi) is 3.01. The molecule has 0 spiro atoms. The van der Waals surface area contributed by atoms with Crippen LogP contribution in [0.15, 0.2) is 24.3 Å². The number of nitrogens with one attached hydrogen (secondary N) is 1. The number of nitrogens with zero attached hydrogens (tertiary/aromatic N) is 2. The van der Waals surface area contributed by atoms with Gasteiger partial charge in [-0.3, -0.25) is 0 Å². The zero-order valence-electron chi connectivity index (χ0n) is 9.28. The number of pyridine rings is 1. The summed E-state index contributed by atoms with van der Waals surface area (Å²) in [6, 6.07) is 6.33. The molecule has 2 aromatic heterocycles. The molecule has 0 unspecified atom stereocenters. The monoisotopic (exact) mass is 313 g/mol. The number of phenolic OH excluding ortho intramolecular Hbond substituents is 1. The normalized spacial score (nSPS) is 11.1. The topological polar surface area (TPSA) is 61.8 Å². The molecule has 0 aliphatic rings. The lowest BCUT2D eigenvalue weighted by atomic mass is 10.2. The van der Waals surface area contributed by atoms with Gasteiger partial charge in [-0.05, 0) is 24.3 Å². The molecule has 7 heteroatoms.